The molecule has 0 radical (unpaired) electrons. The second-order valence-electron chi connectivity index (χ2n) is 10.9. The fraction of sp³-hybridized carbons (Fsp3) is 0.294. The van der Waals surface area contributed by atoms with Gasteiger partial charge in [-0.1, -0.05) is 54.6 Å². The van der Waals surface area contributed by atoms with Crippen molar-refractivity contribution < 1.29 is 26.8 Å². The quantitative estimate of drug-likeness (QED) is 0.225. The second kappa shape index (κ2) is 14.5. The maximum Gasteiger partial charge on any atom is 0.243 e. The number of furan rings is 1. The molecule has 3 aromatic carbocycles. The number of rotatable bonds is 13. The molecule has 8 nitrogen and oxygen atoms in total. The zero-order valence-corrected chi connectivity index (χ0v) is 25.2. The molecule has 0 unspecified atom stereocenters. The van der Waals surface area contributed by atoms with Gasteiger partial charge < -0.3 is 14.6 Å². The van der Waals surface area contributed by atoms with Gasteiger partial charge in [0, 0.05) is 32.5 Å². The van der Waals surface area contributed by atoms with E-state index in [4.69, 9.17) is 4.42 Å². The maximum atomic E-state index is 13.9. The summed E-state index contributed by atoms with van der Waals surface area (Å²) in [7, 11) is -3.53. The molecule has 44 heavy (non-hydrogen) atoms. The number of benzene rings is 3. The van der Waals surface area contributed by atoms with E-state index in [1.807, 2.05) is 30.3 Å². The number of aryl methyl sites for hydroxylation is 1. The summed E-state index contributed by atoms with van der Waals surface area (Å²) in [5.41, 5.74) is 2.38. The summed E-state index contributed by atoms with van der Waals surface area (Å²) in [6.07, 6.45) is 3.98. The van der Waals surface area contributed by atoms with Crippen LogP contribution in [0.4, 0.5) is 4.39 Å². The Morgan fingerprint density at radius 2 is 1.55 bits per heavy atom. The lowest BCUT2D eigenvalue weighted by Crippen LogP contribution is -2.50. The molecule has 0 bridgehead atoms. The van der Waals surface area contributed by atoms with Crippen LogP contribution in [0.1, 0.15) is 41.7 Å². The predicted molar refractivity (Wildman–Crippen MR) is 164 cm³/mol. The van der Waals surface area contributed by atoms with Crippen LogP contribution in [0.3, 0.4) is 0 Å². The summed E-state index contributed by atoms with van der Waals surface area (Å²) in [5, 5.41) is 2.91. The fourth-order valence-electron chi connectivity index (χ4n) is 5.35. The molecule has 1 atom stereocenters. The molecule has 1 aliphatic heterocycles. The first kappa shape index (κ1) is 31.2. The SMILES string of the molecule is O=C(NCc1ccco1)[C@@H](Cc1ccccc1)N(Cc1ccc(F)cc1)C(=O)CCc1ccc(S(=O)(=O)N2CCCC2)cc1. The molecule has 230 valence electrons. The Balaban J connectivity index is 1.35. The van der Waals surface area contributed by atoms with Crippen molar-refractivity contribution >= 4 is 21.8 Å². The third kappa shape index (κ3) is 8.00. The van der Waals surface area contributed by atoms with Crippen molar-refractivity contribution in [3.8, 4) is 0 Å². The number of halogens is 1. The summed E-state index contributed by atoms with van der Waals surface area (Å²) in [5.74, 6) is -0.392. The van der Waals surface area contributed by atoms with Crippen molar-refractivity contribution in [2.45, 2.75) is 56.1 Å². The van der Waals surface area contributed by atoms with E-state index < -0.39 is 16.1 Å². The normalized spacial score (nSPS) is 14.3. The van der Waals surface area contributed by atoms with Gasteiger partial charge in [0.25, 0.3) is 0 Å². The van der Waals surface area contributed by atoms with E-state index in [2.05, 4.69) is 5.32 Å². The molecule has 10 heteroatoms. The molecule has 0 saturated carbocycles. The number of carbonyl (C=O) groups excluding carboxylic acids is 2. The van der Waals surface area contributed by atoms with Crippen molar-refractivity contribution in [1.29, 1.82) is 0 Å². The zero-order chi connectivity index (χ0) is 30.9. The molecule has 0 aliphatic carbocycles. The molecule has 2 amide bonds. The smallest absolute Gasteiger partial charge is 0.243 e. The average Bonchev–Trinajstić information content (AvgIpc) is 3.78. The van der Waals surface area contributed by atoms with E-state index in [0.717, 1.165) is 24.0 Å². The van der Waals surface area contributed by atoms with Gasteiger partial charge in [0.15, 0.2) is 0 Å². The highest BCUT2D eigenvalue weighted by atomic mass is 32.2. The summed E-state index contributed by atoms with van der Waals surface area (Å²) in [6.45, 7) is 1.34. The minimum absolute atomic E-state index is 0.0934. The highest BCUT2D eigenvalue weighted by Gasteiger charge is 2.31. The molecule has 4 aromatic rings. The van der Waals surface area contributed by atoms with Gasteiger partial charge in [-0.3, -0.25) is 9.59 Å². The molecule has 1 N–H and O–H groups in total. The Labute approximate surface area is 257 Å². The molecular formula is C34H36FN3O5S. The van der Waals surface area contributed by atoms with Gasteiger partial charge in [0.1, 0.15) is 17.6 Å². The summed E-state index contributed by atoms with van der Waals surface area (Å²) >= 11 is 0. The minimum atomic E-state index is -3.53. The minimum Gasteiger partial charge on any atom is -0.467 e. The maximum absolute atomic E-state index is 13.9. The summed E-state index contributed by atoms with van der Waals surface area (Å²) < 4.78 is 46.4. The molecule has 1 fully saturated rings. The Bertz CT molecular complexity index is 1620. The van der Waals surface area contributed by atoms with Crippen molar-refractivity contribution in [2.75, 3.05) is 13.1 Å². The lowest BCUT2D eigenvalue weighted by atomic mass is 10.0. The fourth-order valence-corrected chi connectivity index (χ4v) is 6.86. The van der Waals surface area contributed by atoms with Crippen LogP contribution in [-0.2, 0) is 45.5 Å². The van der Waals surface area contributed by atoms with Crippen LogP contribution in [0, 0.1) is 5.82 Å². The topological polar surface area (TPSA) is 99.9 Å². The first-order valence-corrected chi connectivity index (χ1v) is 16.2. The van der Waals surface area contributed by atoms with E-state index in [1.165, 1.54) is 22.7 Å². The van der Waals surface area contributed by atoms with Crippen molar-refractivity contribution in [2.24, 2.45) is 0 Å². The van der Waals surface area contributed by atoms with Crippen molar-refractivity contribution in [3.63, 3.8) is 0 Å². The lowest BCUT2D eigenvalue weighted by Gasteiger charge is -2.31. The van der Waals surface area contributed by atoms with Gasteiger partial charge in [0.05, 0.1) is 17.7 Å². The van der Waals surface area contributed by atoms with Crippen LogP contribution >= 0.6 is 0 Å². The number of nitrogens with zero attached hydrogens (tertiary/aromatic N) is 2. The van der Waals surface area contributed by atoms with Crippen LogP contribution in [0.2, 0.25) is 0 Å². The van der Waals surface area contributed by atoms with E-state index >= 15 is 0 Å². The van der Waals surface area contributed by atoms with Crippen molar-refractivity contribution in [3.05, 3.63) is 126 Å². The second-order valence-corrected chi connectivity index (χ2v) is 12.8. The number of sulfonamides is 1. The third-order valence-electron chi connectivity index (χ3n) is 7.81. The number of amides is 2. The summed E-state index contributed by atoms with van der Waals surface area (Å²) in [6, 6.07) is 24.6. The predicted octanol–water partition coefficient (Wildman–Crippen LogP) is 5.09. The van der Waals surface area contributed by atoms with Gasteiger partial charge in [-0.25, -0.2) is 12.8 Å². The number of carbonyl (C=O) groups is 2. The molecule has 1 saturated heterocycles. The van der Waals surface area contributed by atoms with Crippen LogP contribution < -0.4 is 5.32 Å². The molecular weight excluding hydrogens is 581 g/mol. The van der Waals surface area contributed by atoms with E-state index in [0.29, 0.717) is 30.8 Å². The van der Waals surface area contributed by atoms with Gasteiger partial charge in [0.2, 0.25) is 21.8 Å². The number of hydrogen-bond donors (Lipinski definition) is 1. The Morgan fingerprint density at radius 3 is 2.20 bits per heavy atom. The van der Waals surface area contributed by atoms with E-state index in [1.54, 1.807) is 53.4 Å². The van der Waals surface area contributed by atoms with Crippen LogP contribution in [-0.4, -0.2) is 48.6 Å². The highest BCUT2D eigenvalue weighted by Crippen LogP contribution is 2.22. The Morgan fingerprint density at radius 1 is 0.864 bits per heavy atom. The Kier molecular flexibility index (Phi) is 10.2. The van der Waals surface area contributed by atoms with Gasteiger partial charge >= 0.3 is 0 Å². The summed E-state index contributed by atoms with van der Waals surface area (Å²) in [4.78, 5) is 29.4. The molecule has 2 heterocycles. The number of hydrogen-bond acceptors (Lipinski definition) is 5. The van der Waals surface area contributed by atoms with E-state index in [9.17, 15) is 22.4 Å². The third-order valence-corrected chi connectivity index (χ3v) is 9.72. The highest BCUT2D eigenvalue weighted by molar-refractivity contribution is 7.89. The first-order valence-electron chi connectivity index (χ1n) is 14.8. The molecule has 5 rings (SSSR count). The van der Waals surface area contributed by atoms with Gasteiger partial charge in [-0.05, 0) is 72.4 Å². The van der Waals surface area contributed by atoms with Crippen LogP contribution in [0.15, 0.2) is 107 Å². The largest absolute Gasteiger partial charge is 0.467 e. The average molecular weight is 618 g/mol. The monoisotopic (exact) mass is 617 g/mol. The van der Waals surface area contributed by atoms with Crippen LogP contribution in [0.5, 0.6) is 0 Å². The first-order chi connectivity index (χ1) is 21.3. The van der Waals surface area contributed by atoms with Crippen LogP contribution in [0.25, 0.3) is 0 Å². The Hall–Kier alpha value is -4.28. The molecule has 1 aliphatic rings. The van der Waals surface area contributed by atoms with Crippen molar-refractivity contribution in [1.82, 2.24) is 14.5 Å². The van der Waals surface area contributed by atoms with E-state index in [-0.39, 0.29) is 48.5 Å². The van der Waals surface area contributed by atoms with Gasteiger partial charge in [-0.15, -0.1) is 0 Å². The standard InChI is InChI=1S/C34H36FN3O5S/c35-29-15-10-28(11-16-29)25-38(32(23-27-7-2-1-3-8-27)34(40)36-24-30-9-6-22-43-30)33(39)19-14-26-12-17-31(18-13-26)44(41,42)37-20-4-5-21-37/h1-3,6-13,15-18,22,32H,4-5,14,19-21,23-25H2,(H,36,40)/t32-/m1/s1. The number of nitrogens with one attached hydrogen (secondary N) is 1. The zero-order valence-electron chi connectivity index (χ0n) is 24.4. The molecule has 0 spiro atoms. The van der Waals surface area contributed by atoms with Gasteiger partial charge in [-0.2, -0.15) is 4.31 Å². The lowest BCUT2D eigenvalue weighted by molar-refractivity contribution is -0.141. The molecule has 1 aromatic heterocycles.